The molecule has 1 aromatic heterocycles. The topological polar surface area (TPSA) is 68.1 Å². The molecule has 1 aromatic carbocycles. The van der Waals surface area contributed by atoms with E-state index in [1.54, 1.807) is 0 Å². The number of nitro benzene ring substituents is 1. The van der Waals surface area contributed by atoms with E-state index in [9.17, 15) is 18.9 Å². The number of rotatable bonds is 3. The number of pyridine rings is 1. The fraction of sp³-hybridized carbons (Fsp3) is 0. The van der Waals surface area contributed by atoms with Gasteiger partial charge in [-0.3, -0.25) is 10.1 Å². The molecule has 0 aliphatic carbocycles. The van der Waals surface area contributed by atoms with Crippen LogP contribution in [0.25, 0.3) is 0 Å². The summed E-state index contributed by atoms with van der Waals surface area (Å²) in [5.74, 6) is -2.56. The highest BCUT2D eigenvalue weighted by atomic mass is 35.5. The summed E-state index contributed by atoms with van der Waals surface area (Å²) in [7, 11) is 0. The number of nitro groups is 1. The van der Waals surface area contributed by atoms with Gasteiger partial charge in [0.25, 0.3) is 5.69 Å². The van der Waals surface area contributed by atoms with Gasteiger partial charge in [-0.15, -0.1) is 0 Å². The quantitative estimate of drug-likeness (QED) is 0.420. The summed E-state index contributed by atoms with van der Waals surface area (Å²) in [4.78, 5) is 12.9. The lowest BCUT2D eigenvalue weighted by atomic mass is 10.2. The first-order valence-corrected chi connectivity index (χ1v) is 6.84. The molecule has 0 spiro atoms. The molecule has 116 valence electrons. The van der Waals surface area contributed by atoms with Crippen LogP contribution in [0.4, 0.5) is 25.8 Å². The molecule has 22 heavy (non-hydrogen) atoms. The average molecular weight is 389 g/mol. The van der Waals surface area contributed by atoms with Crippen molar-refractivity contribution in [3.8, 4) is 0 Å². The van der Waals surface area contributed by atoms with Crippen molar-refractivity contribution in [1.82, 2.24) is 4.98 Å². The third-order valence-electron chi connectivity index (χ3n) is 2.49. The van der Waals surface area contributed by atoms with Crippen molar-refractivity contribution in [2.75, 3.05) is 5.32 Å². The normalized spacial score (nSPS) is 10.6. The zero-order valence-corrected chi connectivity index (χ0v) is 13.2. The lowest BCUT2D eigenvalue weighted by Gasteiger charge is -2.12. The van der Waals surface area contributed by atoms with E-state index in [0.717, 1.165) is 12.1 Å². The number of aromatic nitrogens is 1. The van der Waals surface area contributed by atoms with Crippen LogP contribution in [-0.2, 0) is 0 Å². The molecule has 0 aliphatic heterocycles. The molecular weight excluding hydrogens is 386 g/mol. The van der Waals surface area contributed by atoms with Gasteiger partial charge in [0, 0.05) is 6.07 Å². The summed E-state index contributed by atoms with van der Waals surface area (Å²) < 4.78 is 26.7. The molecule has 1 heterocycles. The van der Waals surface area contributed by atoms with Crippen molar-refractivity contribution in [2.24, 2.45) is 0 Å². The van der Waals surface area contributed by atoms with Crippen LogP contribution in [0.1, 0.15) is 0 Å². The molecule has 0 aliphatic rings. The van der Waals surface area contributed by atoms with Gasteiger partial charge in [0.1, 0.15) is 15.1 Å². The molecule has 1 N–H and O–H groups in total. The minimum atomic E-state index is -1.28. The summed E-state index contributed by atoms with van der Waals surface area (Å²) in [6.45, 7) is 0. The number of hydrogen-bond donors (Lipinski definition) is 1. The highest BCUT2D eigenvalue weighted by Crippen LogP contribution is 2.40. The number of hydrogen-bond acceptors (Lipinski definition) is 4. The predicted molar refractivity (Wildman–Crippen MR) is 80.6 cm³/mol. The van der Waals surface area contributed by atoms with Crippen LogP contribution in [0.5, 0.6) is 0 Å². The Balaban J connectivity index is 2.53. The van der Waals surface area contributed by atoms with Crippen molar-refractivity contribution in [3.05, 3.63) is 54.2 Å². The van der Waals surface area contributed by atoms with Gasteiger partial charge in [-0.05, 0) is 6.07 Å². The van der Waals surface area contributed by atoms with Crippen molar-refractivity contribution in [2.45, 2.75) is 0 Å². The zero-order chi connectivity index (χ0) is 16.6. The van der Waals surface area contributed by atoms with E-state index in [0.29, 0.717) is 0 Å². The number of anilines is 2. The first-order chi connectivity index (χ1) is 10.2. The third-order valence-corrected chi connectivity index (χ3v) is 3.80. The molecule has 11 heteroatoms. The number of nitrogens with one attached hydrogen (secondary N) is 1. The molecule has 5 nitrogen and oxygen atoms in total. The average Bonchev–Trinajstić information content (AvgIpc) is 2.44. The molecule has 0 saturated carbocycles. The van der Waals surface area contributed by atoms with Gasteiger partial charge in [0.2, 0.25) is 11.9 Å². The molecule has 0 unspecified atom stereocenters. The highest BCUT2D eigenvalue weighted by molar-refractivity contribution is 6.40. The molecule has 0 fully saturated rings. The van der Waals surface area contributed by atoms with Gasteiger partial charge in [0.15, 0.2) is 0 Å². The summed E-state index contributed by atoms with van der Waals surface area (Å²) >= 11 is 22.9. The van der Waals surface area contributed by atoms with E-state index in [1.807, 2.05) is 0 Å². The minimum Gasteiger partial charge on any atom is -0.352 e. The summed E-state index contributed by atoms with van der Waals surface area (Å²) in [6, 6.07) is 2.08. The maximum atomic E-state index is 13.3. The lowest BCUT2D eigenvalue weighted by molar-refractivity contribution is -0.384. The number of nitrogens with zero attached hydrogens (tertiary/aromatic N) is 2. The largest absolute Gasteiger partial charge is 0.352 e. The second kappa shape index (κ2) is 6.37. The zero-order valence-electron chi connectivity index (χ0n) is 10.1. The smallest absolute Gasteiger partial charge is 0.289 e. The summed E-state index contributed by atoms with van der Waals surface area (Å²) in [6.07, 6.45) is 0. The van der Waals surface area contributed by atoms with Gasteiger partial charge in [0.05, 0.1) is 21.3 Å². The Morgan fingerprint density at radius 3 is 2.09 bits per heavy atom. The van der Waals surface area contributed by atoms with Gasteiger partial charge < -0.3 is 5.32 Å². The van der Waals surface area contributed by atoms with E-state index in [1.165, 1.54) is 0 Å². The van der Waals surface area contributed by atoms with Crippen LogP contribution < -0.4 is 5.32 Å². The second-order valence-electron chi connectivity index (χ2n) is 3.86. The van der Waals surface area contributed by atoms with Crippen LogP contribution in [0.15, 0.2) is 12.1 Å². The van der Waals surface area contributed by atoms with Gasteiger partial charge in [-0.1, -0.05) is 46.4 Å². The molecule has 0 atom stereocenters. The van der Waals surface area contributed by atoms with Crippen molar-refractivity contribution in [3.63, 3.8) is 0 Å². The molecule has 2 aromatic rings. The number of halogens is 6. The van der Waals surface area contributed by atoms with Crippen LogP contribution in [0, 0.1) is 22.0 Å². The molecular formula is C11H3Cl4F2N3O2. The predicted octanol–water partition coefficient (Wildman–Crippen LogP) is 5.63. The third kappa shape index (κ3) is 3.17. The van der Waals surface area contributed by atoms with Gasteiger partial charge >= 0.3 is 0 Å². The number of benzene rings is 1. The van der Waals surface area contributed by atoms with E-state index in [-0.39, 0.29) is 21.4 Å². The Kier molecular flexibility index (Phi) is 4.91. The minimum absolute atomic E-state index is 0.0195. The van der Waals surface area contributed by atoms with Crippen molar-refractivity contribution < 1.29 is 13.7 Å². The first kappa shape index (κ1) is 17.0. The van der Waals surface area contributed by atoms with E-state index in [4.69, 9.17) is 46.4 Å². The first-order valence-electron chi connectivity index (χ1n) is 5.32. The monoisotopic (exact) mass is 387 g/mol. The van der Waals surface area contributed by atoms with Crippen molar-refractivity contribution in [1.29, 1.82) is 0 Å². The molecule has 2 rings (SSSR count). The van der Waals surface area contributed by atoms with Crippen LogP contribution in [-0.4, -0.2) is 9.91 Å². The molecule has 0 amide bonds. The van der Waals surface area contributed by atoms with Crippen LogP contribution >= 0.6 is 46.4 Å². The lowest BCUT2D eigenvalue weighted by Crippen LogP contribution is -2.01. The van der Waals surface area contributed by atoms with Gasteiger partial charge in [-0.2, -0.15) is 13.8 Å². The van der Waals surface area contributed by atoms with Gasteiger partial charge in [-0.25, -0.2) is 0 Å². The molecule has 0 saturated heterocycles. The van der Waals surface area contributed by atoms with E-state index in [2.05, 4.69) is 10.3 Å². The fourth-order valence-corrected chi connectivity index (χ4v) is 2.36. The highest BCUT2D eigenvalue weighted by Gasteiger charge is 2.21. The molecule has 0 bridgehead atoms. The Hall–Kier alpha value is -1.41. The Morgan fingerprint density at radius 1 is 1.05 bits per heavy atom. The van der Waals surface area contributed by atoms with E-state index < -0.39 is 32.6 Å². The Labute approximate surface area is 141 Å². The second-order valence-corrected chi connectivity index (χ2v) is 5.43. The molecule has 0 radical (unpaired) electrons. The summed E-state index contributed by atoms with van der Waals surface area (Å²) in [5, 5.41) is 11.7. The maximum absolute atomic E-state index is 13.3. The standard InChI is InChI=1S/C11H3Cl4F2N3O2/c12-3-2-6(20(21)22)4(13)1-5(3)18-9-7(14)10(16)19-11(17)8(9)15/h1-2H,(H,18,19). The van der Waals surface area contributed by atoms with Crippen molar-refractivity contribution >= 4 is 63.5 Å². The van der Waals surface area contributed by atoms with E-state index >= 15 is 0 Å². The van der Waals surface area contributed by atoms with Crippen LogP contribution in [0.3, 0.4) is 0 Å². The Bertz CT molecular complexity index is 762. The maximum Gasteiger partial charge on any atom is 0.289 e. The summed E-state index contributed by atoms with van der Waals surface area (Å²) in [5.41, 5.74) is -0.743. The Morgan fingerprint density at radius 2 is 1.59 bits per heavy atom. The van der Waals surface area contributed by atoms with Crippen LogP contribution in [0.2, 0.25) is 20.1 Å². The fourth-order valence-electron chi connectivity index (χ4n) is 1.50. The SMILES string of the molecule is O=[N+]([O-])c1cc(Cl)c(Nc2c(Cl)c(F)nc(F)c2Cl)cc1Cl.